The molecule has 0 bridgehead atoms. The van der Waals surface area contributed by atoms with Crippen molar-refractivity contribution in [1.82, 2.24) is 9.78 Å². The van der Waals surface area contributed by atoms with Crippen LogP contribution in [0.1, 0.15) is 15.9 Å². The second kappa shape index (κ2) is 5.18. The van der Waals surface area contributed by atoms with Gasteiger partial charge in [-0.2, -0.15) is 5.10 Å². The Balaban J connectivity index is 2.28. The Morgan fingerprint density at radius 2 is 2.29 bits per heavy atom. The lowest BCUT2D eigenvalue weighted by Gasteiger charge is -2.04. The van der Waals surface area contributed by atoms with Crippen molar-refractivity contribution in [3.63, 3.8) is 0 Å². The van der Waals surface area contributed by atoms with E-state index in [9.17, 15) is 4.79 Å². The Bertz CT molecular complexity index is 568. The molecule has 0 aliphatic rings. The van der Waals surface area contributed by atoms with Crippen LogP contribution in [0.5, 0.6) is 0 Å². The number of hydrogen-bond acceptors (Lipinski definition) is 2. The Kier molecular flexibility index (Phi) is 3.82. The predicted molar refractivity (Wildman–Crippen MR) is 75.1 cm³/mol. The molecular weight excluding hydrogens is 399 g/mol. The minimum atomic E-state index is -0.949. The van der Waals surface area contributed by atoms with Crippen LogP contribution in [0, 0.1) is 3.70 Å². The quantitative estimate of drug-likeness (QED) is 0.797. The molecule has 0 radical (unpaired) electrons. The summed E-state index contributed by atoms with van der Waals surface area (Å²) in [6.45, 7) is 0.561. The van der Waals surface area contributed by atoms with Gasteiger partial charge >= 0.3 is 5.97 Å². The van der Waals surface area contributed by atoms with Gasteiger partial charge in [0.15, 0.2) is 0 Å². The van der Waals surface area contributed by atoms with Crippen molar-refractivity contribution in [2.24, 2.45) is 0 Å². The summed E-state index contributed by atoms with van der Waals surface area (Å²) < 4.78 is 3.30. The number of hydrogen-bond donors (Lipinski definition) is 1. The number of carboxylic acids is 1. The fraction of sp³-hybridized carbons (Fsp3) is 0.0909. The van der Waals surface area contributed by atoms with E-state index in [1.807, 2.05) is 46.9 Å². The van der Waals surface area contributed by atoms with Gasteiger partial charge in [0.05, 0.1) is 12.7 Å². The maximum atomic E-state index is 10.9. The summed E-state index contributed by atoms with van der Waals surface area (Å²) >= 11 is 5.39. The first-order valence-corrected chi connectivity index (χ1v) is 6.64. The first kappa shape index (κ1) is 12.6. The van der Waals surface area contributed by atoms with Crippen LogP contribution in [0.15, 0.2) is 34.9 Å². The van der Waals surface area contributed by atoms with Crippen molar-refractivity contribution < 1.29 is 9.90 Å². The fourth-order valence-electron chi connectivity index (χ4n) is 1.43. The Morgan fingerprint density at radius 1 is 1.53 bits per heavy atom. The predicted octanol–water partition coefficient (Wildman–Crippen LogP) is 3.00. The number of nitrogens with zero attached hydrogens (tertiary/aromatic N) is 2. The molecule has 17 heavy (non-hydrogen) atoms. The molecule has 1 N–H and O–H groups in total. The molecule has 1 aromatic heterocycles. The number of carboxylic acid groups (broad SMARTS) is 1. The van der Waals surface area contributed by atoms with Crippen molar-refractivity contribution in [2.75, 3.05) is 0 Å². The van der Waals surface area contributed by atoms with Gasteiger partial charge in [-0.15, -0.1) is 0 Å². The average molecular weight is 407 g/mol. The van der Waals surface area contributed by atoms with E-state index in [0.717, 1.165) is 10.0 Å². The molecule has 0 saturated heterocycles. The van der Waals surface area contributed by atoms with Gasteiger partial charge in [-0.25, -0.2) is 4.79 Å². The van der Waals surface area contributed by atoms with Crippen LogP contribution >= 0.6 is 38.5 Å². The first-order chi connectivity index (χ1) is 8.08. The van der Waals surface area contributed by atoms with E-state index in [0.29, 0.717) is 10.2 Å². The molecule has 4 nitrogen and oxygen atoms in total. The summed E-state index contributed by atoms with van der Waals surface area (Å²) in [4.78, 5) is 10.9. The van der Waals surface area contributed by atoms with Gasteiger partial charge in [-0.05, 0) is 40.3 Å². The molecule has 0 atom stereocenters. The van der Waals surface area contributed by atoms with Crippen molar-refractivity contribution >= 4 is 44.5 Å². The second-order valence-corrected chi connectivity index (χ2v) is 5.38. The van der Waals surface area contributed by atoms with Crippen LogP contribution in [0.2, 0.25) is 0 Å². The van der Waals surface area contributed by atoms with Crippen molar-refractivity contribution in [3.8, 4) is 0 Å². The third kappa shape index (κ3) is 2.86. The van der Waals surface area contributed by atoms with Crippen LogP contribution in [0.4, 0.5) is 0 Å². The molecule has 6 heteroatoms. The molecule has 88 valence electrons. The highest BCUT2D eigenvalue weighted by Gasteiger charge is 2.14. The summed E-state index contributed by atoms with van der Waals surface area (Å²) in [6.07, 6.45) is 1.38. The Labute approximate surface area is 120 Å². The van der Waals surface area contributed by atoms with Gasteiger partial charge in [0.25, 0.3) is 0 Å². The van der Waals surface area contributed by atoms with E-state index in [2.05, 4.69) is 21.0 Å². The van der Waals surface area contributed by atoms with Crippen LogP contribution in [0.3, 0.4) is 0 Å². The molecule has 0 aliphatic carbocycles. The van der Waals surface area contributed by atoms with Crippen LogP contribution in [0.25, 0.3) is 0 Å². The molecular formula is C11H8BrIN2O2. The molecule has 0 spiro atoms. The monoisotopic (exact) mass is 406 g/mol. The van der Waals surface area contributed by atoms with E-state index in [4.69, 9.17) is 5.11 Å². The minimum absolute atomic E-state index is 0.237. The topological polar surface area (TPSA) is 55.1 Å². The lowest BCUT2D eigenvalue weighted by molar-refractivity contribution is 0.0695. The van der Waals surface area contributed by atoms with E-state index < -0.39 is 5.97 Å². The van der Waals surface area contributed by atoms with E-state index in [-0.39, 0.29) is 5.56 Å². The normalized spacial score (nSPS) is 10.5. The maximum Gasteiger partial charge on any atom is 0.340 e. The van der Waals surface area contributed by atoms with Gasteiger partial charge < -0.3 is 5.11 Å². The zero-order valence-electron chi connectivity index (χ0n) is 8.60. The summed E-state index contributed by atoms with van der Waals surface area (Å²) in [5.41, 5.74) is 1.30. The third-order valence-electron chi connectivity index (χ3n) is 2.23. The standard InChI is InChI=1S/C11H8BrIN2O2/c12-8-3-1-2-7(4-8)6-15-10(13)9(5-14-15)11(16)17/h1-5H,6H2,(H,16,17). The molecule has 2 rings (SSSR count). The van der Waals surface area contributed by atoms with Crippen LogP contribution in [-0.4, -0.2) is 20.9 Å². The molecule has 2 aromatic rings. The fourth-order valence-corrected chi connectivity index (χ4v) is 2.54. The lowest BCUT2D eigenvalue weighted by Crippen LogP contribution is -2.05. The van der Waals surface area contributed by atoms with Crippen molar-refractivity contribution in [3.05, 3.63) is 49.8 Å². The zero-order chi connectivity index (χ0) is 12.4. The van der Waals surface area contributed by atoms with Crippen molar-refractivity contribution in [2.45, 2.75) is 6.54 Å². The number of rotatable bonds is 3. The van der Waals surface area contributed by atoms with Crippen LogP contribution < -0.4 is 0 Å². The number of carbonyl (C=O) groups is 1. The molecule has 0 unspecified atom stereocenters. The molecule has 0 fully saturated rings. The SMILES string of the molecule is O=C(O)c1cnn(Cc2cccc(Br)c2)c1I. The van der Waals surface area contributed by atoms with Gasteiger partial charge in [-0.3, -0.25) is 4.68 Å². The molecule has 1 aromatic carbocycles. The smallest absolute Gasteiger partial charge is 0.340 e. The largest absolute Gasteiger partial charge is 0.478 e. The van der Waals surface area contributed by atoms with Gasteiger partial charge in [0, 0.05) is 4.47 Å². The average Bonchev–Trinajstić information content (AvgIpc) is 2.61. The summed E-state index contributed by atoms with van der Waals surface area (Å²) in [7, 11) is 0. The molecule has 0 aliphatic heterocycles. The second-order valence-electron chi connectivity index (χ2n) is 3.44. The number of aromatic carboxylic acids is 1. The summed E-state index contributed by atoms with van der Waals surface area (Å²) in [5.74, 6) is -0.949. The maximum absolute atomic E-state index is 10.9. The molecule has 1 heterocycles. The lowest BCUT2D eigenvalue weighted by atomic mass is 10.2. The van der Waals surface area contributed by atoms with Crippen LogP contribution in [-0.2, 0) is 6.54 Å². The van der Waals surface area contributed by atoms with Gasteiger partial charge in [0.2, 0.25) is 0 Å². The van der Waals surface area contributed by atoms with Gasteiger partial charge in [-0.1, -0.05) is 28.1 Å². The van der Waals surface area contributed by atoms with E-state index in [1.54, 1.807) is 4.68 Å². The van der Waals surface area contributed by atoms with Crippen molar-refractivity contribution in [1.29, 1.82) is 0 Å². The third-order valence-corrected chi connectivity index (χ3v) is 3.86. The van der Waals surface area contributed by atoms with Gasteiger partial charge in [0.1, 0.15) is 9.26 Å². The van der Waals surface area contributed by atoms with E-state index in [1.165, 1.54) is 6.20 Å². The number of benzene rings is 1. The highest BCUT2D eigenvalue weighted by Crippen LogP contribution is 2.16. The zero-order valence-corrected chi connectivity index (χ0v) is 12.3. The summed E-state index contributed by atoms with van der Waals surface area (Å²) in [6, 6.07) is 7.84. The number of aromatic nitrogens is 2. The first-order valence-electron chi connectivity index (χ1n) is 4.77. The Hall–Kier alpha value is -0.890. The molecule has 0 amide bonds. The minimum Gasteiger partial charge on any atom is -0.478 e. The Morgan fingerprint density at radius 3 is 2.88 bits per heavy atom. The highest BCUT2D eigenvalue weighted by atomic mass is 127. The van der Waals surface area contributed by atoms with E-state index >= 15 is 0 Å². The highest BCUT2D eigenvalue weighted by molar-refractivity contribution is 14.1. The summed E-state index contributed by atoms with van der Waals surface area (Å²) in [5, 5.41) is 13.0. The number of halogens is 2. The molecule has 0 saturated carbocycles.